The van der Waals surface area contributed by atoms with Gasteiger partial charge in [0.15, 0.2) is 5.82 Å². The molecule has 11 heteroatoms. The molecule has 1 aliphatic rings. The van der Waals surface area contributed by atoms with Crippen molar-refractivity contribution >= 4 is 22.7 Å². The van der Waals surface area contributed by atoms with Crippen LogP contribution in [-0.4, -0.2) is 52.0 Å². The van der Waals surface area contributed by atoms with E-state index >= 15 is 0 Å². The van der Waals surface area contributed by atoms with Crippen molar-refractivity contribution in [2.45, 2.75) is 44.8 Å². The Labute approximate surface area is 189 Å². The van der Waals surface area contributed by atoms with Crippen LogP contribution in [0.2, 0.25) is 0 Å². The Hall–Kier alpha value is -4.17. The van der Waals surface area contributed by atoms with Crippen molar-refractivity contribution in [1.29, 1.82) is 5.26 Å². The van der Waals surface area contributed by atoms with Gasteiger partial charge in [-0.1, -0.05) is 6.92 Å². The molecule has 0 spiro atoms. The average molecular weight is 442 g/mol. The number of hydrogen-bond donors (Lipinski definition) is 3. The normalized spacial score (nSPS) is 17.8. The zero-order valence-electron chi connectivity index (χ0n) is 18.0. The van der Waals surface area contributed by atoms with Crippen molar-refractivity contribution in [2.24, 2.45) is 0 Å². The number of rotatable bonds is 5. The number of aliphatic hydroxyl groups excluding tert-OH is 1. The maximum atomic E-state index is 9.89. The van der Waals surface area contributed by atoms with Crippen LogP contribution in [0.5, 0.6) is 0 Å². The average Bonchev–Trinajstić information content (AvgIpc) is 3.48. The summed E-state index contributed by atoms with van der Waals surface area (Å²) in [6.45, 7) is 2.01. The predicted octanol–water partition coefficient (Wildman–Crippen LogP) is 2.01. The molecular weight excluding hydrogens is 420 g/mol. The lowest BCUT2D eigenvalue weighted by Gasteiger charge is -2.17. The van der Waals surface area contributed by atoms with Crippen molar-refractivity contribution in [3.8, 4) is 23.1 Å². The number of hydrogen-bond acceptors (Lipinski definition) is 10. The fraction of sp³-hybridized carbons (Fsp3) is 0.318. The van der Waals surface area contributed by atoms with Gasteiger partial charge in [0, 0.05) is 29.6 Å². The standard InChI is InChI=1S/C22H22N10O/c1-2-17-21(29-14-3-4-15(33)5-14)31-18-16(10-25-20(24)19(18)30-17)13-9-28-32(11-13)22-26-7-12(6-23)8-27-22/h7-11,14-15,33H,2-5H2,1H3,(H2,24,25)(H,29,31)/t14-,15+/m1/s1. The highest BCUT2D eigenvalue weighted by molar-refractivity contribution is 5.96. The molecule has 0 saturated heterocycles. The van der Waals surface area contributed by atoms with Crippen LogP contribution in [-0.2, 0) is 6.42 Å². The molecule has 0 unspecified atom stereocenters. The number of nitrogens with one attached hydrogen (secondary N) is 1. The second-order valence-corrected chi connectivity index (χ2v) is 7.99. The van der Waals surface area contributed by atoms with Crippen LogP contribution in [0.25, 0.3) is 28.1 Å². The molecule has 1 fully saturated rings. The van der Waals surface area contributed by atoms with Crippen LogP contribution >= 0.6 is 0 Å². The largest absolute Gasteiger partial charge is 0.393 e. The summed E-state index contributed by atoms with van der Waals surface area (Å²) in [7, 11) is 0. The molecule has 5 rings (SSSR count). The SMILES string of the molecule is CCc1nc2c(N)ncc(-c3cnn(-c4ncc(C#N)cn4)c3)c2nc1N[C@@H]1CC[C@H](O)C1. The van der Waals surface area contributed by atoms with Gasteiger partial charge in [0.1, 0.15) is 22.9 Å². The van der Waals surface area contributed by atoms with Gasteiger partial charge in [0.2, 0.25) is 0 Å². The van der Waals surface area contributed by atoms with Gasteiger partial charge >= 0.3 is 0 Å². The van der Waals surface area contributed by atoms with Crippen molar-refractivity contribution < 1.29 is 5.11 Å². The molecule has 0 aromatic carbocycles. The summed E-state index contributed by atoms with van der Waals surface area (Å²) in [5.41, 5.74) is 9.94. The molecule has 4 aromatic heterocycles. The molecule has 11 nitrogen and oxygen atoms in total. The third-order valence-electron chi connectivity index (χ3n) is 5.74. The highest BCUT2D eigenvalue weighted by Gasteiger charge is 2.24. The zero-order chi connectivity index (χ0) is 22.9. The Kier molecular flexibility index (Phi) is 5.27. The molecule has 0 bridgehead atoms. The number of aromatic nitrogens is 7. The lowest BCUT2D eigenvalue weighted by molar-refractivity contribution is 0.182. The highest BCUT2D eigenvalue weighted by atomic mass is 16.3. The van der Waals surface area contributed by atoms with Gasteiger partial charge in [-0.15, -0.1) is 0 Å². The number of pyridine rings is 1. The first-order valence-electron chi connectivity index (χ1n) is 10.7. The highest BCUT2D eigenvalue weighted by Crippen LogP contribution is 2.31. The van der Waals surface area contributed by atoms with E-state index in [-0.39, 0.29) is 12.1 Å². The molecule has 1 aliphatic carbocycles. The number of nitriles is 1. The topological polar surface area (TPSA) is 164 Å². The first kappa shape index (κ1) is 20.7. The van der Waals surface area contributed by atoms with Crippen LogP contribution in [0.3, 0.4) is 0 Å². The molecule has 0 aliphatic heterocycles. The van der Waals surface area contributed by atoms with Gasteiger partial charge in [0.25, 0.3) is 5.95 Å². The molecule has 4 aromatic rings. The second-order valence-electron chi connectivity index (χ2n) is 7.99. The van der Waals surface area contributed by atoms with Gasteiger partial charge in [-0.05, 0) is 25.7 Å². The van der Waals surface area contributed by atoms with Gasteiger partial charge in [-0.25, -0.2) is 29.6 Å². The van der Waals surface area contributed by atoms with Crippen molar-refractivity contribution in [3.05, 3.63) is 42.2 Å². The molecular formula is C22H22N10O. The lowest BCUT2D eigenvalue weighted by atomic mass is 10.1. The summed E-state index contributed by atoms with van der Waals surface area (Å²) in [5.74, 6) is 1.34. The number of nitrogens with two attached hydrogens (primary N) is 1. The minimum Gasteiger partial charge on any atom is -0.393 e. The summed E-state index contributed by atoms with van der Waals surface area (Å²) in [6, 6.07) is 2.14. The van der Waals surface area contributed by atoms with E-state index in [1.54, 1.807) is 18.6 Å². The zero-order valence-corrected chi connectivity index (χ0v) is 18.0. The summed E-state index contributed by atoms with van der Waals surface area (Å²) in [6.07, 6.45) is 10.7. The second kappa shape index (κ2) is 8.40. The van der Waals surface area contributed by atoms with E-state index in [1.165, 1.54) is 17.1 Å². The number of aliphatic hydroxyl groups is 1. The quantitative estimate of drug-likeness (QED) is 0.416. The fourth-order valence-electron chi connectivity index (χ4n) is 4.02. The summed E-state index contributed by atoms with van der Waals surface area (Å²) >= 11 is 0. The van der Waals surface area contributed by atoms with Crippen molar-refractivity contribution in [1.82, 2.24) is 34.7 Å². The molecule has 0 amide bonds. The summed E-state index contributed by atoms with van der Waals surface area (Å²) < 4.78 is 1.52. The number of nitrogen functional groups attached to an aromatic ring is 1. The number of anilines is 2. The smallest absolute Gasteiger partial charge is 0.250 e. The third kappa shape index (κ3) is 3.92. The van der Waals surface area contributed by atoms with E-state index in [0.29, 0.717) is 47.0 Å². The van der Waals surface area contributed by atoms with Crippen molar-refractivity contribution in [3.63, 3.8) is 0 Å². The molecule has 0 radical (unpaired) electrons. The molecule has 1 saturated carbocycles. The Morgan fingerprint density at radius 1 is 1.15 bits per heavy atom. The maximum absolute atomic E-state index is 9.89. The van der Waals surface area contributed by atoms with E-state index in [4.69, 9.17) is 21.0 Å². The lowest BCUT2D eigenvalue weighted by Crippen LogP contribution is -2.19. The van der Waals surface area contributed by atoms with Gasteiger partial charge in [-0.3, -0.25) is 0 Å². The molecule has 33 heavy (non-hydrogen) atoms. The van der Waals surface area contributed by atoms with Gasteiger partial charge in [-0.2, -0.15) is 10.4 Å². The molecule has 2 atom stereocenters. The van der Waals surface area contributed by atoms with Crippen LogP contribution in [0.4, 0.5) is 11.6 Å². The van der Waals surface area contributed by atoms with E-state index in [0.717, 1.165) is 29.7 Å². The van der Waals surface area contributed by atoms with Crippen LogP contribution in [0.15, 0.2) is 31.0 Å². The summed E-state index contributed by atoms with van der Waals surface area (Å²) in [5, 5.41) is 26.6. The van der Waals surface area contributed by atoms with Crippen molar-refractivity contribution in [2.75, 3.05) is 11.1 Å². The van der Waals surface area contributed by atoms with Crippen LogP contribution in [0, 0.1) is 11.3 Å². The third-order valence-corrected chi connectivity index (χ3v) is 5.74. The Morgan fingerprint density at radius 2 is 1.97 bits per heavy atom. The van der Waals surface area contributed by atoms with E-state index in [2.05, 4.69) is 25.4 Å². The Balaban J connectivity index is 1.57. The minimum atomic E-state index is -0.285. The summed E-state index contributed by atoms with van der Waals surface area (Å²) in [4.78, 5) is 22.3. The molecule has 4 N–H and O–H groups in total. The first-order chi connectivity index (χ1) is 16.1. The predicted molar refractivity (Wildman–Crippen MR) is 121 cm³/mol. The van der Waals surface area contributed by atoms with E-state index in [9.17, 15) is 5.11 Å². The molecule has 166 valence electrons. The van der Waals surface area contributed by atoms with Crippen LogP contribution < -0.4 is 11.1 Å². The van der Waals surface area contributed by atoms with E-state index < -0.39 is 0 Å². The monoisotopic (exact) mass is 442 g/mol. The minimum absolute atomic E-state index is 0.149. The number of fused-ring (bicyclic) bond motifs is 1. The van der Waals surface area contributed by atoms with E-state index in [1.807, 2.05) is 13.0 Å². The fourth-order valence-corrected chi connectivity index (χ4v) is 4.02. The Bertz CT molecular complexity index is 1360. The van der Waals surface area contributed by atoms with Gasteiger partial charge in [0.05, 0.1) is 36.0 Å². The van der Waals surface area contributed by atoms with Gasteiger partial charge < -0.3 is 16.2 Å². The number of aryl methyl sites for hydroxylation is 1. The molecule has 4 heterocycles. The Morgan fingerprint density at radius 3 is 2.67 bits per heavy atom. The maximum Gasteiger partial charge on any atom is 0.250 e. The van der Waals surface area contributed by atoms with Crippen LogP contribution in [0.1, 0.15) is 37.4 Å². The first-order valence-corrected chi connectivity index (χ1v) is 10.7. The number of nitrogens with zero attached hydrogens (tertiary/aromatic N) is 8.